The van der Waals surface area contributed by atoms with E-state index in [9.17, 15) is 0 Å². The van der Waals surface area contributed by atoms with Crippen LogP contribution >= 0.6 is 0 Å². The first-order valence-corrected chi connectivity index (χ1v) is 18.0. The van der Waals surface area contributed by atoms with Gasteiger partial charge in [-0.05, 0) is 69.3 Å². The molecule has 3 nitrogen and oxygen atoms in total. The van der Waals surface area contributed by atoms with Gasteiger partial charge in [-0.3, -0.25) is 4.57 Å². The van der Waals surface area contributed by atoms with Crippen LogP contribution in [-0.4, -0.2) is 14.5 Å². The minimum absolute atomic E-state index is 0.642. The van der Waals surface area contributed by atoms with Gasteiger partial charge in [-0.25, -0.2) is 9.97 Å². The van der Waals surface area contributed by atoms with E-state index in [1.54, 1.807) is 0 Å². The Morgan fingerprint density at radius 3 is 1.47 bits per heavy atom. The van der Waals surface area contributed by atoms with Crippen molar-refractivity contribution in [3.63, 3.8) is 0 Å². The van der Waals surface area contributed by atoms with Gasteiger partial charge in [0, 0.05) is 27.3 Å². The van der Waals surface area contributed by atoms with Crippen LogP contribution in [0.4, 0.5) is 0 Å². The highest BCUT2D eigenvalue weighted by Gasteiger charge is 2.22. The molecule has 2 aromatic heterocycles. The molecule has 0 bridgehead atoms. The summed E-state index contributed by atoms with van der Waals surface area (Å²) in [5.41, 5.74) is 14.3. The Bertz CT molecular complexity index is 2900. The first-order valence-electron chi connectivity index (χ1n) is 18.0. The Hall–Kier alpha value is -7.10. The quantitative estimate of drug-likeness (QED) is 0.176. The second kappa shape index (κ2) is 12.9. The normalized spacial score (nSPS) is 11.4. The summed E-state index contributed by atoms with van der Waals surface area (Å²) in [5, 5.41) is 3.33. The van der Waals surface area contributed by atoms with Crippen molar-refractivity contribution in [2.75, 3.05) is 0 Å². The summed E-state index contributed by atoms with van der Waals surface area (Å²) in [5.74, 6) is 0.642. The summed E-state index contributed by atoms with van der Waals surface area (Å²) in [6, 6.07) is 71.0. The van der Waals surface area contributed by atoms with Crippen LogP contribution in [0.1, 0.15) is 0 Å². The van der Waals surface area contributed by atoms with Crippen molar-refractivity contribution in [1.82, 2.24) is 14.5 Å². The molecule has 3 heteroatoms. The highest BCUT2D eigenvalue weighted by Crippen LogP contribution is 2.42. The van der Waals surface area contributed by atoms with Crippen LogP contribution in [0.25, 0.3) is 94.4 Å². The molecule has 0 saturated carbocycles. The fourth-order valence-electron chi connectivity index (χ4n) is 7.64. The Morgan fingerprint density at radius 2 is 0.811 bits per heavy atom. The lowest BCUT2D eigenvalue weighted by Gasteiger charge is -2.15. The van der Waals surface area contributed by atoms with Gasteiger partial charge >= 0.3 is 0 Å². The van der Waals surface area contributed by atoms with E-state index in [0.717, 1.165) is 55.1 Å². The Labute approximate surface area is 308 Å². The zero-order valence-corrected chi connectivity index (χ0v) is 28.9. The molecule has 10 rings (SSSR count). The van der Waals surface area contributed by atoms with E-state index in [2.05, 4.69) is 205 Å². The van der Waals surface area contributed by atoms with Gasteiger partial charge in [0.05, 0.1) is 22.2 Å². The van der Waals surface area contributed by atoms with Gasteiger partial charge < -0.3 is 0 Å². The van der Waals surface area contributed by atoms with Crippen molar-refractivity contribution in [2.45, 2.75) is 0 Å². The van der Waals surface area contributed by atoms with Crippen molar-refractivity contribution in [3.05, 3.63) is 200 Å². The van der Waals surface area contributed by atoms with Gasteiger partial charge in [0.1, 0.15) is 0 Å². The highest BCUT2D eigenvalue weighted by molar-refractivity contribution is 6.16. The lowest BCUT2D eigenvalue weighted by molar-refractivity contribution is 1.01. The largest absolute Gasteiger partial charge is 0.277 e. The molecule has 0 aliphatic rings. The average molecular weight is 676 g/mol. The first-order chi connectivity index (χ1) is 26.3. The van der Waals surface area contributed by atoms with E-state index in [0.29, 0.717) is 5.95 Å². The van der Waals surface area contributed by atoms with Gasteiger partial charge in [-0.1, -0.05) is 170 Å². The molecule has 8 aromatic carbocycles. The van der Waals surface area contributed by atoms with Crippen LogP contribution in [-0.2, 0) is 0 Å². The van der Waals surface area contributed by atoms with E-state index in [1.165, 1.54) is 33.4 Å². The van der Waals surface area contributed by atoms with Gasteiger partial charge in [0.15, 0.2) is 0 Å². The van der Waals surface area contributed by atoms with E-state index in [-0.39, 0.29) is 0 Å². The summed E-state index contributed by atoms with van der Waals surface area (Å²) in [7, 11) is 0. The van der Waals surface area contributed by atoms with E-state index in [1.807, 2.05) is 0 Å². The fourth-order valence-corrected chi connectivity index (χ4v) is 7.64. The third kappa shape index (κ3) is 5.47. The zero-order valence-electron chi connectivity index (χ0n) is 28.9. The molecule has 0 atom stereocenters. The minimum atomic E-state index is 0.642. The molecule has 0 radical (unpaired) electrons. The van der Waals surface area contributed by atoms with Crippen molar-refractivity contribution >= 4 is 32.7 Å². The summed E-state index contributed by atoms with van der Waals surface area (Å²) < 4.78 is 2.28. The summed E-state index contributed by atoms with van der Waals surface area (Å²) >= 11 is 0. The van der Waals surface area contributed by atoms with Crippen LogP contribution < -0.4 is 0 Å². The fraction of sp³-hybridized carbons (Fsp3) is 0. The maximum atomic E-state index is 5.46. The maximum Gasteiger partial charge on any atom is 0.235 e. The number of para-hydroxylation sites is 1. The predicted octanol–water partition coefficient (Wildman–Crippen LogP) is 13.1. The van der Waals surface area contributed by atoms with Crippen LogP contribution in [0.5, 0.6) is 0 Å². The lowest BCUT2D eigenvalue weighted by Crippen LogP contribution is -2.04. The third-order valence-electron chi connectivity index (χ3n) is 10.2. The first kappa shape index (κ1) is 30.7. The molecule has 0 N–H and O–H groups in total. The zero-order chi connectivity index (χ0) is 35.1. The van der Waals surface area contributed by atoms with Crippen LogP contribution in [0.15, 0.2) is 200 Å². The second-order valence-electron chi connectivity index (χ2n) is 13.4. The molecule has 0 unspecified atom stereocenters. The standard InChI is InChI=1S/C50H33N3/c1-5-15-34(16-6-1)37-25-27-39(28-26-37)48-42-23-13-14-24-46(42)51-50(52-48)53-47-30-29-40(35-17-7-2-8-18-35)31-44(47)45-33-41(36-19-9-3-10-20-36)32-43(49(45)53)38-21-11-4-12-22-38/h1-33H. The lowest BCUT2D eigenvalue weighted by atomic mass is 9.95. The predicted molar refractivity (Wildman–Crippen MR) is 221 cm³/mol. The van der Waals surface area contributed by atoms with Crippen LogP contribution in [0.3, 0.4) is 0 Å². The Kier molecular flexibility index (Phi) is 7.47. The van der Waals surface area contributed by atoms with E-state index < -0.39 is 0 Å². The molecule has 0 spiro atoms. The molecule has 0 aliphatic carbocycles. The number of aromatic nitrogens is 3. The van der Waals surface area contributed by atoms with Gasteiger partial charge in [0.2, 0.25) is 5.95 Å². The van der Waals surface area contributed by atoms with E-state index >= 15 is 0 Å². The van der Waals surface area contributed by atoms with Gasteiger partial charge in [0.25, 0.3) is 0 Å². The van der Waals surface area contributed by atoms with E-state index in [4.69, 9.17) is 9.97 Å². The van der Waals surface area contributed by atoms with Gasteiger partial charge in [-0.15, -0.1) is 0 Å². The third-order valence-corrected chi connectivity index (χ3v) is 10.2. The summed E-state index contributed by atoms with van der Waals surface area (Å²) in [6.45, 7) is 0. The van der Waals surface area contributed by atoms with Gasteiger partial charge in [-0.2, -0.15) is 0 Å². The van der Waals surface area contributed by atoms with Crippen LogP contribution in [0.2, 0.25) is 0 Å². The molecule has 0 saturated heterocycles. The summed E-state index contributed by atoms with van der Waals surface area (Å²) in [6.07, 6.45) is 0. The average Bonchev–Trinajstić information content (AvgIpc) is 3.58. The van der Waals surface area contributed by atoms with Crippen molar-refractivity contribution in [1.29, 1.82) is 0 Å². The smallest absolute Gasteiger partial charge is 0.235 e. The molecule has 0 aliphatic heterocycles. The molecule has 248 valence electrons. The number of fused-ring (bicyclic) bond motifs is 4. The second-order valence-corrected chi connectivity index (χ2v) is 13.4. The molecule has 53 heavy (non-hydrogen) atoms. The number of rotatable bonds is 6. The van der Waals surface area contributed by atoms with Crippen molar-refractivity contribution in [2.24, 2.45) is 0 Å². The molecule has 2 heterocycles. The molecule has 0 amide bonds. The van der Waals surface area contributed by atoms with Crippen LogP contribution in [0, 0.1) is 0 Å². The minimum Gasteiger partial charge on any atom is -0.277 e. The number of nitrogens with zero attached hydrogens (tertiary/aromatic N) is 3. The molecular weight excluding hydrogens is 643 g/mol. The number of hydrogen-bond donors (Lipinski definition) is 0. The van der Waals surface area contributed by atoms with Crippen molar-refractivity contribution < 1.29 is 0 Å². The Morgan fingerprint density at radius 1 is 0.321 bits per heavy atom. The number of hydrogen-bond acceptors (Lipinski definition) is 2. The molecule has 10 aromatic rings. The molecule has 0 fully saturated rings. The van der Waals surface area contributed by atoms with Crippen molar-refractivity contribution in [3.8, 4) is 61.7 Å². The summed E-state index contributed by atoms with van der Waals surface area (Å²) in [4.78, 5) is 10.8. The SMILES string of the molecule is c1ccc(-c2ccc(-c3nc(-n4c5ccc(-c6ccccc6)cc5c5cc(-c6ccccc6)cc(-c6ccccc6)c54)nc4ccccc34)cc2)cc1. The topological polar surface area (TPSA) is 30.7 Å². The highest BCUT2D eigenvalue weighted by atomic mass is 15.2. The monoisotopic (exact) mass is 675 g/mol. The number of benzene rings is 8. The Balaban J connectivity index is 1.28. The molecular formula is C50H33N3. The maximum absolute atomic E-state index is 5.46.